The molecule has 0 bridgehead atoms. The summed E-state index contributed by atoms with van der Waals surface area (Å²) in [4.78, 5) is 16.3. The Kier molecular flexibility index (Phi) is 5.41. The number of furan rings is 1. The van der Waals surface area contributed by atoms with E-state index in [1.165, 1.54) is 18.3 Å². The maximum atomic E-state index is 12.9. The maximum Gasteiger partial charge on any atom is 0.252 e. The number of amides is 1. The summed E-state index contributed by atoms with van der Waals surface area (Å²) < 4.78 is 18.1. The number of nitrogens with zero attached hydrogens (tertiary/aromatic N) is 1. The Morgan fingerprint density at radius 2 is 2.00 bits per heavy atom. The lowest BCUT2D eigenvalue weighted by molar-refractivity contribution is 0.0954. The van der Waals surface area contributed by atoms with E-state index in [-0.39, 0.29) is 11.7 Å². The average Bonchev–Trinajstić information content (AvgIpc) is 3.15. The van der Waals surface area contributed by atoms with Gasteiger partial charge in [0.25, 0.3) is 5.91 Å². The van der Waals surface area contributed by atoms with Crippen molar-refractivity contribution in [3.05, 3.63) is 83.8 Å². The van der Waals surface area contributed by atoms with E-state index < -0.39 is 0 Å². The van der Waals surface area contributed by atoms with Crippen LogP contribution in [0.15, 0.2) is 65.5 Å². The first kappa shape index (κ1) is 16.7. The summed E-state index contributed by atoms with van der Waals surface area (Å²) in [7, 11) is 0. The molecule has 3 aromatic rings. The zero-order valence-corrected chi connectivity index (χ0v) is 13.5. The van der Waals surface area contributed by atoms with Crippen LogP contribution in [0.2, 0.25) is 0 Å². The van der Waals surface area contributed by atoms with Gasteiger partial charge in [-0.3, -0.25) is 9.78 Å². The molecule has 2 heterocycles. The second kappa shape index (κ2) is 8.10. The average molecular weight is 339 g/mol. The molecule has 1 aromatic carbocycles. The summed E-state index contributed by atoms with van der Waals surface area (Å²) in [6.07, 6.45) is 5.42. The lowest BCUT2D eigenvalue weighted by Crippen LogP contribution is -2.25. The minimum atomic E-state index is -0.266. The minimum absolute atomic E-state index is 0.198. The maximum absolute atomic E-state index is 12.9. The molecule has 3 rings (SSSR count). The first-order valence-electron chi connectivity index (χ1n) is 7.94. The largest absolute Gasteiger partial charge is 0.467 e. The molecule has 1 amide bonds. The Morgan fingerprint density at radius 3 is 2.76 bits per heavy atom. The van der Waals surface area contributed by atoms with Gasteiger partial charge in [0.05, 0.1) is 24.1 Å². The summed E-state index contributed by atoms with van der Waals surface area (Å²) in [6, 6.07) is 11.7. The molecular weight excluding hydrogens is 321 g/mol. The van der Waals surface area contributed by atoms with Crippen LogP contribution >= 0.6 is 0 Å². The van der Waals surface area contributed by atoms with E-state index in [1.54, 1.807) is 30.7 Å². The molecule has 0 aliphatic heterocycles. The van der Waals surface area contributed by atoms with Crippen LogP contribution in [0.1, 0.15) is 21.7 Å². The topological polar surface area (TPSA) is 67.2 Å². The van der Waals surface area contributed by atoms with Gasteiger partial charge < -0.3 is 15.1 Å². The number of rotatable bonds is 7. The second-order valence-electron chi connectivity index (χ2n) is 5.53. The molecule has 6 heteroatoms. The van der Waals surface area contributed by atoms with Crippen LogP contribution in [0.5, 0.6) is 0 Å². The van der Waals surface area contributed by atoms with E-state index in [0.29, 0.717) is 25.1 Å². The van der Waals surface area contributed by atoms with Crippen LogP contribution in [0, 0.1) is 5.82 Å². The fourth-order valence-electron chi connectivity index (χ4n) is 2.34. The standard InChI is InChI=1S/C19H18FN3O2/c20-16-5-3-14(4-6-16)7-8-22-19(24)15-10-17(12-21-11-15)23-13-18-2-1-9-25-18/h1-6,9-12,23H,7-8,13H2,(H,22,24). The van der Waals surface area contributed by atoms with Crippen LogP contribution in [-0.2, 0) is 13.0 Å². The van der Waals surface area contributed by atoms with Crippen molar-refractivity contribution in [3.63, 3.8) is 0 Å². The first-order chi connectivity index (χ1) is 12.2. The van der Waals surface area contributed by atoms with Crippen molar-refractivity contribution in [1.29, 1.82) is 0 Å². The van der Waals surface area contributed by atoms with Crippen molar-refractivity contribution in [1.82, 2.24) is 10.3 Å². The van der Waals surface area contributed by atoms with Gasteiger partial charge in [-0.1, -0.05) is 12.1 Å². The molecular formula is C19H18FN3O2. The number of aromatic nitrogens is 1. The van der Waals surface area contributed by atoms with Crippen LogP contribution in [0.25, 0.3) is 0 Å². The highest BCUT2D eigenvalue weighted by Crippen LogP contribution is 2.11. The number of carbonyl (C=O) groups excluding carboxylic acids is 1. The molecule has 2 N–H and O–H groups in total. The molecule has 2 aromatic heterocycles. The van der Waals surface area contributed by atoms with Crippen molar-refractivity contribution in [2.75, 3.05) is 11.9 Å². The Hall–Kier alpha value is -3.15. The molecule has 0 unspecified atom stereocenters. The Bertz CT molecular complexity index is 817. The summed E-state index contributed by atoms with van der Waals surface area (Å²) in [6.45, 7) is 0.985. The third kappa shape index (κ3) is 4.91. The van der Waals surface area contributed by atoms with Crippen molar-refractivity contribution in [2.45, 2.75) is 13.0 Å². The molecule has 0 radical (unpaired) electrons. The number of pyridine rings is 1. The molecule has 25 heavy (non-hydrogen) atoms. The molecule has 0 fully saturated rings. The fraction of sp³-hybridized carbons (Fsp3) is 0.158. The van der Waals surface area contributed by atoms with Gasteiger partial charge in [0.15, 0.2) is 0 Å². The van der Waals surface area contributed by atoms with E-state index in [2.05, 4.69) is 15.6 Å². The molecule has 0 spiro atoms. The predicted molar refractivity (Wildman–Crippen MR) is 92.7 cm³/mol. The first-order valence-corrected chi connectivity index (χ1v) is 7.94. The van der Waals surface area contributed by atoms with Crippen LogP contribution in [0.3, 0.4) is 0 Å². The molecule has 128 valence electrons. The molecule has 0 saturated carbocycles. The van der Waals surface area contributed by atoms with Crippen LogP contribution < -0.4 is 10.6 Å². The smallest absolute Gasteiger partial charge is 0.252 e. The van der Waals surface area contributed by atoms with Crippen molar-refractivity contribution in [2.24, 2.45) is 0 Å². The van der Waals surface area contributed by atoms with Gasteiger partial charge in [-0.05, 0) is 42.3 Å². The quantitative estimate of drug-likeness (QED) is 0.692. The van der Waals surface area contributed by atoms with E-state index >= 15 is 0 Å². The Balaban J connectivity index is 1.51. The van der Waals surface area contributed by atoms with E-state index in [9.17, 15) is 9.18 Å². The fourth-order valence-corrected chi connectivity index (χ4v) is 2.34. The number of hydrogen-bond acceptors (Lipinski definition) is 4. The second-order valence-corrected chi connectivity index (χ2v) is 5.53. The van der Waals surface area contributed by atoms with Gasteiger partial charge >= 0.3 is 0 Å². The monoisotopic (exact) mass is 339 g/mol. The third-order valence-electron chi connectivity index (χ3n) is 3.66. The highest BCUT2D eigenvalue weighted by Gasteiger charge is 2.07. The number of anilines is 1. The normalized spacial score (nSPS) is 10.4. The number of carbonyl (C=O) groups is 1. The SMILES string of the molecule is O=C(NCCc1ccc(F)cc1)c1cncc(NCc2ccco2)c1. The summed E-state index contributed by atoms with van der Waals surface area (Å²) >= 11 is 0. The zero-order valence-electron chi connectivity index (χ0n) is 13.5. The third-order valence-corrected chi connectivity index (χ3v) is 3.66. The van der Waals surface area contributed by atoms with Gasteiger partial charge in [0.1, 0.15) is 11.6 Å². The summed E-state index contributed by atoms with van der Waals surface area (Å²) in [5, 5.41) is 6.00. The highest BCUT2D eigenvalue weighted by atomic mass is 19.1. The van der Waals surface area contributed by atoms with Crippen molar-refractivity contribution in [3.8, 4) is 0 Å². The summed E-state index contributed by atoms with van der Waals surface area (Å²) in [5.74, 6) is 0.336. The van der Waals surface area contributed by atoms with E-state index in [0.717, 1.165) is 17.0 Å². The lowest BCUT2D eigenvalue weighted by atomic mass is 10.1. The number of benzene rings is 1. The van der Waals surface area contributed by atoms with Crippen molar-refractivity contribution >= 4 is 11.6 Å². The van der Waals surface area contributed by atoms with Gasteiger partial charge in [0.2, 0.25) is 0 Å². The van der Waals surface area contributed by atoms with E-state index in [1.807, 2.05) is 12.1 Å². The van der Waals surface area contributed by atoms with Gasteiger partial charge in [-0.25, -0.2) is 4.39 Å². The van der Waals surface area contributed by atoms with Gasteiger partial charge in [-0.15, -0.1) is 0 Å². The molecule has 0 aliphatic rings. The molecule has 0 aliphatic carbocycles. The Labute approximate surface area is 144 Å². The number of nitrogens with one attached hydrogen (secondary N) is 2. The van der Waals surface area contributed by atoms with Crippen molar-refractivity contribution < 1.29 is 13.6 Å². The molecule has 5 nitrogen and oxygen atoms in total. The minimum Gasteiger partial charge on any atom is -0.467 e. The lowest BCUT2D eigenvalue weighted by Gasteiger charge is -2.08. The molecule has 0 saturated heterocycles. The van der Waals surface area contributed by atoms with Gasteiger partial charge in [-0.2, -0.15) is 0 Å². The zero-order chi connectivity index (χ0) is 17.5. The number of halogens is 1. The van der Waals surface area contributed by atoms with Crippen LogP contribution in [0.4, 0.5) is 10.1 Å². The number of hydrogen-bond donors (Lipinski definition) is 2. The van der Waals surface area contributed by atoms with Crippen LogP contribution in [-0.4, -0.2) is 17.4 Å². The predicted octanol–water partition coefficient (Wildman–Crippen LogP) is 3.40. The molecule has 0 atom stereocenters. The van der Waals surface area contributed by atoms with E-state index in [4.69, 9.17) is 4.42 Å². The highest BCUT2D eigenvalue weighted by molar-refractivity contribution is 5.94. The summed E-state index contributed by atoms with van der Waals surface area (Å²) in [5.41, 5.74) is 2.18. The Morgan fingerprint density at radius 1 is 1.16 bits per heavy atom. The van der Waals surface area contributed by atoms with Gasteiger partial charge in [0, 0.05) is 18.9 Å².